The van der Waals surface area contributed by atoms with Crippen molar-refractivity contribution < 1.29 is 4.39 Å². The van der Waals surface area contributed by atoms with Gasteiger partial charge >= 0.3 is 0 Å². The van der Waals surface area contributed by atoms with Crippen molar-refractivity contribution in [2.75, 3.05) is 12.4 Å². The number of hydrogen-bond acceptors (Lipinski definition) is 3. The highest BCUT2D eigenvalue weighted by Crippen LogP contribution is 2.27. The summed E-state index contributed by atoms with van der Waals surface area (Å²) < 4.78 is 13.7. The number of hydrogen-bond donors (Lipinski definition) is 1. The maximum atomic E-state index is 13.7. The van der Waals surface area contributed by atoms with E-state index in [2.05, 4.69) is 15.3 Å². The van der Waals surface area contributed by atoms with Crippen LogP contribution >= 0.6 is 0 Å². The van der Waals surface area contributed by atoms with E-state index in [4.69, 9.17) is 0 Å². The zero-order chi connectivity index (χ0) is 12.4. The number of nitrogens with one attached hydrogen (secondary N) is 1. The first-order valence-corrected chi connectivity index (χ1v) is 5.41. The molecule has 0 unspecified atom stereocenters. The summed E-state index contributed by atoms with van der Waals surface area (Å²) in [5.41, 5.74) is 2.00. The zero-order valence-corrected chi connectivity index (χ0v) is 10.1. The van der Waals surface area contributed by atoms with Crippen molar-refractivity contribution >= 4 is 5.82 Å². The molecule has 0 aliphatic rings. The molecule has 2 rings (SSSR count). The van der Waals surface area contributed by atoms with Crippen LogP contribution in [0.25, 0.3) is 11.3 Å². The van der Waals surface area contributed by atoms with Crippen LogP contribution in [0.4, 0.5) is 10.2 Å². The molecule has 1 N–H and O–H groups in total. The maximum absolute atomic E-state index is 13.7. The summed E-state index contributed by atoms with van der Waals surface area (Å²) in [5, 5.41) is 2.99. The summed E-state index contributed by atoms with van der Waals surface area (Å²) in [7, 11) is 1.79. The number of aromatic nitrogens is 2. The molecular weight excluding hydrogens is 217 g/mol. The van der Waals surface area contributed by atoms with Crippen LogP contribution < -0.4 is 5.32 Å². The fourth-order valence-electron chi connectivity index (χ4n) is 1.79. The van der Waals surface area contributed by atoms with Gasteiger partial charge in [0.15, 0.2) is 0 Å². The van der Waals surface area contributed by atoms with Gasteiger partial charge in [0.2, 0.25) is 0 Å². The van der Waals surface area contributed by atoms with Gasteiger partial charge in [-0.2, -0.15) is 0 Å². The van der Waals surface area contributed by atoms with Crippen molar-refractivity contribution in [2.45, 2.75) is 13.8 Å². The molecule has 17 heavy (non-hydrogen) atoms. The summed E-state index contributed by atoms with van der Waals surface area (Å²) in [6.45, 7) is 3.68. The fraction of sp³-hybridized carbons (Fsp3) is 0.231. The first-order chi connectivity index (χ1) is 8.13. The molecule has 88 valence electrons. The van der Waals surface area contributed by atoms with E-state index in [0.717, 1.165) is 11.4 Å². The van der Waals surface area contributed by atoms with Crippen LogP contribution in [-0.4, -0.2) is 17.0 Å². The minimum atomic E-state index is -0.268. The van der Waals surface area contributed by atoms with E-state index in [1.807, 2.05) is 6.92 Å². The first-order valence-electron chi connectivity index (χ1n) is 5.41. The average Bonchev–Trinajstić information content (AvgIpc) is 2.32. The van der Waals surface area contributed by atoms with Gasteiger partial charge in [-0.05, 0) is 26.0 Å². The van der Waals surface area contributed by atoms with Gasteiger partial charge in [0.1, 0.15) is 17.5 Å². The number of rotatable bonds is 2. The van der Waals surface area contributed by atoms with Gasteiger partial charge in [-0.15, -0.1) is 0 Å². The van der Waals surface area contributed by atoms with E-state index in [1.54, 1.807) is 32.2 Å². The molecule has 1 aromatic heterocycles. The topological polar surface area (TPSA) is 37.8 Å². The van der Waals surface area contributed by atoms with Crippen LogP contribution in [0.1, 0.15) is 11.4 Å². The Balaban J connectivity index is 2.67. The fourth-order valence-corrected chi connectivity index (χ4v) is 1.79. The van der Waals surface area contributed by atoms with Crippen molar-refractivity contribution in [1.29, 1.82) is 0 Å². The maximum Gasteiger partial charge on any atom is 0.132 e. The molecule has 2 aromatic rings. The third kappa shape index (κ3) is 2.11. The van der Waals surface area contributed by atoms with Crippen LogP contribution in [0.3, 0.4) is 0 Å². The van der Waals surface area contributed by atoms with E-state index >= 15 is 0 Å². The summed E-state index contributed by atoms with van der Waals surface area (Å²) in [6.07, 6.45) is 0. The molecule has 0 fully saturated rings. The summed E-state index contributed by atoms with van der Waals surface area (Å²) in [6, 6.07) is 6.63. The van der Waals surface area contributed by atoms with Crippen LogP contribution in [0.5, 0.6) is 0 Å². The second-order valence-electron chi connectivity index (χ2n) is 3.82. The van der Waals surface area contributed by atoms with Crippen molar-refractivity contribution in [3.63, 3.8) is 0 Å². The SMILES string of the molecule is CNc1nc(C)nc(-c2ccccc2F)c1C. The first kappa shape index (κ1) is 11.5. The van der Waals surface area contributed by atoms with Gasteiger partial charge in [0.25, 0.3) is 0 Å². The smallest absolute Gasteiger partial charge is 0.132 e. The van der Waals surface area contributed by atoms with Gasteiger partial charge in [-0.1, -0.05) is 12.1 Å². The molecule has 0 amide bonds. The molecule has 0 spiro atoms. The predicted molar refractivity (Wildman–Crippen MR) is 66.4 cm³/mol. The standard InChI is InChI=1S/C13H14FN3/c1-8-12(10-6-4-5-7-11(10)14)16-9(2)17-13(8)15-3/h4-7H,1-3H3,(H,15,16,17). The largest absolute Gasteiger partial charge is 0.373 e. The molecule has 0 bridgehead atoms. The van der Waals surface area contributed by atoms with Gasteiger partial charge in [-0.3, -0.25) is 0 Å². The lowest BCUT2D eigenvalue weighted by Crippen LogP contribution is -2.03. The molecule has 0 saturated carbocycles. The van der Waals surface area contributed by atoms with E-state index < -0.39 is 0 Å². The van der Waals surface area contributed by atoms with Gasteiger partial charge in [0.05, 0.1) is 5.69 Å². The Kier molecular flexibility index (Phi) is 3.04. The second kappa shape index (κ2) is 4.49. The second-order valence-corrected chi connectivity index (χ2v) is 3.82. The molecule has 4 heteroatoms. The monoisotopic (exact) mass is 231 g/mol. The molecule has 0 saturated heterocycles. The third-order valence-corrected chi connectivity index (χ3v) is 2.62. The molecule has 0 radical (unpaired) electrons. The van der Waals surface area contributed by atoms with Crippen molar-refractivity contribution in [3.8, 4) is 11.3 Å². The van der Waals surface area contributed by atoms with E-state index in [1.165, 1.54) is 6.07 Å². The van der Waals surface area contributed by atoms with Crippen LogP contribution in [-0.2, 0) is 0 Å². The van der Waals surface area contributed by atoms with Crippen molar-refractivity contribution in [3.05, 3.63) is 41.5 Å². The number of nitrogens with zero attached hydrogens (tertiary/aromatic N) is 2. The van der Waals surface area contributed by atoms with Gasteiger partial charge < -0.3 is 5.32 Å². The summed E-state index contributed by atoms with van der Waals surface area (Å²) >= 11 is 0. The predicted octanol–water partition coefficient (Wildman–Crippen LogP) is 2.94. The molecule has 1 aromatic carbocycles. The number of anilines is 1. The molecular formula is C13H14FN3. The average molecular weight is 231 g/mol. The molecule has 1 heterocycles. The zero-order valence-electron chi connectivity index (χ0n) is 10.1. The Morgan fingerprint density at radius 2 is 1.82 bits per heavy atom. The van der Waals surface area contributed by atoms with Crippen LogP contribution in [0.15, 0.2) is 24.3 Å². The summed E-state index contributed by atoms with van der Waals surface area (Å²) in [4.78, 5) is 8.58. The number of halogens is 1. The number of aryl methyl sites for hydroxylation is 1. The van der Waals surface area contributed by atoms with Crippen LogP contribution in [0, 0.1) is 19.7 Å². The Bertz CT molecular complexity index is 552. The highest BCUT2D eigenvalue weighted by molar-refractivity contribution is 5.68. The Labute approximate surface area is 99.7 Å². The van der Waals surface area contributed by atoms with E-state index in [-0.39, 0.29) is 5.82 Å². The minimum Gasteiger partial charge on any atom is -0.373 e. The Morgan fingerprint density at radius 3 is 2.47 bits per heavy atom. The number of benzene rings is 1. The normalized spacial score (nSPS) is 10.4. The lowest BCUT2D eigenvalue weighted by atomic mass is 10.1. The highest BCUT2D eigenvalue weighted by atomic mass is 19.1. The van der Waals surface area contributed by atoms with E-state index in [9.17, 15) is 4.39 Å². The van der Waals surface area contributed by atoms with Crippen molar-refractivity contribution in [1.82, 2.24) is 9.97 Å². The van der Waals surface area contributed by atoms with Crippen molar-refractivity contribution in [2.24, 2.45) is 0 Å². The summed E-state index contributed by atoms with van der Waals surface area (Å²) in [5.74, 6) is 1.09. The molecule has 0 aliphatic carbocycles. The van der Waals surface area contributed by atoms with Gasteiger partial charge in [0, 0.05) is 18.2 Å². The Morgan fingerprint density at radius 1 is 1.12 bits per heavy atom. The molecule has 0 atom stereocenters. The lowest BCUT2D eigenvalue weighted by Gasteiger charge is -2.11. The van der Waals surface area contributed by atoms with Gasteiger partial charge in [-0.25, -0.2) is 14.4 Å². The third-order valence-electron chi connectivity index (χ3n) is 2.62. The lowest BCUT2D eigenvalue weighted by molar-refractivity contribution is 0.630. The highest BCUT2D eigenvalue weighted by Gasteiger charge is 2.12. The van der Waals surface area contributed by atoms with Crippen LogP contribution in [0.2, 0.25) is 0 Å². The minimum absolute atomic E-state index is 0.268. The molecule has 3 nitrogen and oxygen atoms in total. The van der Waals surface area contributed by atoms with E-state index in [0.29, 0.717) is 17.1 Å². The molecule has 0 aliphatic heterocycles. The Hall–Kier alpha value is -1.97. The quantitative estimate of drug-likeness (QED) is 0.863.